The lowest BCUT2D eigenvalue weighted by molar-refractivity contribution is -0.140. The third kappa shape index (κ3) is 7.30. The van der Waals surface area contributed by atoms with Crippen LogP contribution in [0.1, 0.15) is 47.9 Å². The van der Waals surface area contributed by atoms with Gasteiger partial charge in [-0.3, -0.25) is 4.79 Å². The third-order valence-corrected chi connectivity index (χ3v) is 5.52. The first-order valence-corrected chi connectivity index (χ1v) is 10.6. The highest BCUT2D eigenvalue weighted by Gasteiger charge is 2.26. The van der Waals surface area contributed by atoms with Crippen molar-refractivity contribution >= 4 is 35.2 Å². The number of nitrogens with zero attached hydrogens (tertiary/aromatic N) is 1. The van der Waals surface area contributed by atoms with Gasteiger partial charge in [0.1, 0.15) is 17.9 Å². The van der Waals surface area contributed by atoms with Crippen molar-refractivity contribution < 1.29 is 34.2 Å². The second-order valence-corrected chi connectivity index (χ2v) is 8.20. The van der Waals surface area contributed by atoms with E-state index >= 15 is 0 Å². The summed E-state index contributed by atoms with van der Waals surface area (Å²) in [5, 5.41) is 22.7. The molecule has 0 aliphatic heterocycles. The zero-order chi connectivity index (χ0) is 23.7. The second kappa shape index (κ2) is 11.6. The van der Waals surface area contributed by atoms with Gasteiger partial charge in [0.25, 0.3) is 0 Å². The average molecular weight is 460 g/mol. The Balaban J connectivity index is 1.97. The van der Waals surface area contributed by atoms with Gasteiger partial charge in [-0.15, -0.1) is 0 Å². The molecule has 2 aromatic rings. The monoisotopic (exact) mass is 459 g/mol. The number of aliphatic hydroxyl groups is 2. The Morgan fingerprint density at radius 2 is 1.50 bits per heavy atom. The van der Waals surface area contributed by atoms with Crippen molar-refractivity contribution in [2.75, 3.05) is 13.2 Å². The van der Waals surface area contributed by atoms with Gasteiger partial charge in [-0.05, 0) is 61.9 Å². The number of rotatable bonds is 10. The number of carbonyl (C=O) groups is 3. The summed E-state index contributed by atoms with van der Waals surface area (Å²) < 4.78 is 5.09. The number of esters is 1. The van der Waals surface area contributed by atoms with E-state index in [9.17, 15) is 24.6 Å². The molecule has 0 saturated heterocycles. The molecule has 0 fully saturated rings. The third-order valence-electron chi connectivity index (χ3n) is 4.51. The molecule has 1 unspecified atom stereocenters. The molecule has 0 saturated carbocycles. The highest BCUT2D eigenvalue weighted by molar-refractivity contribution is 7.99. The SMILES string of the molecule is CCC(O)(CO)COC(=O)c1ccc(Sc2ccc(C(=O)/C(C)=N/OC(C)=O)cc2)cc1. The van der Waals surface area contributed by atoms with Crippen LogP contribution in [0.4, 0.5) is 0 Å². The van der Waals surface area contributed by atoms with E-state index in [1.807, 2.05) is 0 Å². The number of ether oxygens (including phenoxy) is 1. The van der Waals surface area contributed by atoms with Crippen LogP contribution in [0.2, 0.25) is 0 Å². The Kier molecular flexibility index (Phi) is 9.13. The zero-order valence-electron chi connectivity index (χ0n) is 18.0. The van der Waals surface area contributed by atoms with Crippen LogP contribution in [0.5, 0.6) is 0 Å². The van der Waals surface area contributed by atoms with E-state index in [1.165, 1.54) is 25.6 Å². The summed E-state index contributed by atoms with van der Waals surface area (Å²) in [5.41, 5.74) is -0.631. The number of carbonyl (C=O) groups excluding carboxylic acids is 3. The Labute approximate surface area is 190 Å². The Hall–Kier alpha value is -3.01. The number of aliphatic hydroxyl groups excluding tert-OH is 1. The van der Waals surface area contributed by atoms with Crippen LogP contribution in [0.3, 0.4) is 0 Å². The zero-order valence-corrected chi connectivity index (χ0v) is 18.8. The smallest absolute Gasteiger partial charge is 0.338 e. The number of hydrogen-bond donors (Lipinski definition) is 2. The molecule has 0 aromatic heterocycles. The molecule has 1 atom stereocenters. The van der Waals surface area contributed by atoms with Gasteiger partial charge in [-0.25, -0.2) is 9.59 Å². The summed E-state index contributed by atoms with van der Waals surface area (Å²) >= 11 is 1.44. The minimum absolute atomic E-state index is 0.0689. The van der Waals surface area contributed by atoms with Crippen LogP contribution in [0.15, 0.2) is 63.5 Å². The number of hydrogen-bond acceptors (Lipinski definition) is 9. The van der Waals surface area contributed by atoms with Crippen molar-refractivity contribution in [2.24, 2.45) is 5.16 Å². The van der Waals surface area contributed by atoms with E-state index in [0.29, 0.717) is 11.1 Å². The van der Waals surface area contributed by atoms with Crippen molar-refractivity contribution in [1.82, 2.24) is 0 Å². The van der Waals surface area contributed by atoms with Crippen LogP contribution in [0.25, 0.3) is 0 Å². The summed E-state index contributed by atoms with van der Waals surface area (Å²) in [6.45, 7) is 3.58. The van der Waals surface area contributed by atoms with Gasteiger partial charge in [0.2, 0.25) is 5.78 Å². The molecular weight excluding hydrogens is 434 g/mol. The molecule has 9 heteroatoms. The summed E-state index contributed by atoms with van der Waals surface area (Å²) in [6, 6.07) is 13.6. The molecule has 0 heterocycles. The number of oxime groups is 1. The van der Waals surface area contributed by atoms with Crippen LogP contribution < -0.4 is 0 Å². The van der Waals surface area contributed by atoms with Gasteiger partial charge in [0, 0.05) is 22.3 Å². The van der Waals surface area contributed by atoms with Crippen LogP contribution >= 0.6 is 11.8 Å². The quantitative estimate of drug-likeness (QED) is 0.183. The predicted octanol–water partition coefficient (Wildman–Crippen LogP) is 3.25. The molecular formula is C23H25NO7S. The summed E-state index contributed by atoms with van der Waals surface area (Å²) in [7, 11) is 0. The molecule has 0 aliphatic rings. The van der Waals surface area contributed by atoms with Crippen molar-refractivity contribution in [3.8, 4) is 0 Å². The van der Waals surface area contributed by atoms with Crippen molar-refractivity contribution in [2.45, 2.75) is 42.6 Å². The van der Waals surface area contributed by atoms with Crippen LogP contribution in [-0.2, 0) is 14.4 Å². The maximum absolute atomic E-state index is 12.3. The highest BCUT2D eigenvalue weighted by Crippen LogP contribution is 2.28. The first-order valence-electron chi connectivity index (χ1n) is 9.82. The molecule has 2 N–H and O–H groups in total. The Morgan fingerprint density at radius 3 is 1.97 bits per heavy atom. The van der Waals surface area contributed by atoms with E-state index in [1.54, 1.807) is 55.5 Å². The largest absolute Gasteiger partial charge is 0.459 e. The molecule has 2 aromatic carbocycles. The minimum atomic E-state index is -1.44. The highest BCUT2D eigenvalue weighted by atomic mass is 32.2. The predicted molar refractivity (Wildman–Crippen MR) is 119 cm³/mol. The normalized spacial score (nSPS) is 13.2. The van der Waals surface area contributed by atoms with Crippen LogP contribution in [0, 0.1) is 0 Å². The standard InChI is InChI=1S/C23H25NO7S/c1-4-23(29,13-25)14-30-22(28)18-7-11-20(12-8-18)32-19-9-5-17(6-10-19)21(27)15(2)24-31-16(3)26/h5-12,25,29H,4,13-14H2,1-3H3/b24-15+. The fraction of sp³-hybridized carbons (Fsp3) is 0.304. The van der Waals surface area contributed by atoms with E-state index in [4.69, 9.17) is 4.74 Å². The molecule has 0 bridgehead atoms. The fourth-order valence-electron chi connectivity index (χ4n) is 2.40. The molecule has 8 nitrogen and oxygen atoms in total. The topological polar surface area (TPSA) is 122 Å². The summed E-state index contributed by atoms with van der Waals surface area (Å²) in [6.07, 6.45) is 0.259. The average Bonchev–Trinajstić information content (AvgIpc) is 2.81. The van der Waals surface area contributed by atoms with Gasteiger partial charge in [-0.2, -0.15) is 0 Å². The first-order chi connectivity index (χ1) is 15.2. The van der Waals surface area contributed by atoms with E-state index < -0.39 is 24.1 Å². The van der Waals surface area contributed by atoms with E-state index in [2.05, 4.69) is 9.99 Å². The molecule has 170 valence electrons. The molecule has 0 amide bonds. The van der Waals surface area contributed by atoms with Gasteiger partial charge in [0.15, 0.2) is 0 Å². The number of benzene rings is 2. The molecule has 0 radical (unpaired) electrons. The molecule has 0 aliphatic carbocycles. The second-order valence-electron chi connectivity index (χ2n) is 7.05. The molecule has 0 spiro atoms. The molecule has 32 heavy (non-hydrogen) atoms. The van der Waals surface area contributed by atoms with E-state index in [0.717, 1.165) is 9.79 Å². The van der Waals surface area contributed by atoms with Gasteiger partial charge < -0.3 is 19.8 Å². The maximum atomic E-state index is 12.3. The Morgan fingerprint density at radius 1 is 0.969 bits per heavy atom. The number of Topliss-reactive ketones (excluding diaryl/α,β-unsaturated/α-hetero) is 1. The summed E-state index contributed by atoms with van der Waals surface area (Å²) in [5.74, 6) is -1.53. The minimum Gasteiger partial charge on any atom is -0.459 e. The fourth-order valence-corrected chi connectivity index (χ4v) is 3.21. The van der Waals surface area contributed by atoms with Crippen molar-refractivity contribution in [3.05, 3.63) is 59.7 Å². The van der Waals surface area contributed by atoms with Gasteiger partial charge in [-0.1, -0.05) is 23.8 Å². The van der Waals surface area contributed by atoms with Crippen molar-refractivity contribution in [1.29, 1.82) is 0 Å². The van der Waals surface area contributed by atoms with Crippen LogP contribution in [-0.4, -0.2) is 52.5 Å². The van der Waals surface area contributed by atoms with Crippen molar-refractivity contribution in [3.63, 3.8) is 0 Å². The Bertz CT molecular complexity index is 980. The maximum Gasteiger partial charge on any atom is 0.338 e. The molecule has 2 rings (SSSR count). The lowest BCUT2D eigenvalue weighted by atomic mass is 10.0. The summed E-state index contributed by atoms with van der Waals surface area (Å²) in [4.78, 5) is 41.4. The lowest BCUT2D eigenvalue weighted by Crippen LogP contribution is -2.38. The van der Waals surface area contributed by atoms with Gasteiger partial charge >= 0.3 is 11.9 Å². The first kappa shape index (κ1) is 25.3. The van der Waals surface area contributed by atoms with E-state index in [-0.39, 0.29) is 24.5 Å². The lowest BCUT2D eigenvalue weighted by Gasteiger charge is -2.23. The van der Waals surface area contributed by atoms with Gasteiger partial charge in [0.05, 0.1) is 12.2 Å². The number of ketones is 1.